The van der Waals surface area contributed by atoms with Gasteiger partial charge < -0.3 is 14.2 Å². The minimum absolute atomic E-state index is 0.0495. The van der Waals surface area contributed by atoms with Crippen LogP contribution in [0.1, 0.15) is 28.1 Å². The van der Waals surface area contributed by atoms with Crippen molar-refractivity contribution in [2.24, 2.45) is 0 Å². The van der Waals surface area contributed by atoms with Gasteiger partial charge in [0.1, 0.15) is 5.58 Å². The van der Waals surface area contributed by atoms with Gasteiger partial charge in [-0.15, -0.1) is 0 Å². The van der Waals surface area contributed by atoms with Crippen LogP contribution < -0.4 is 4.90 Å². The average Bonchev–Trinajstić information content (AvgIpc) is 2.89. The van der Waals surface area contributed by atoms with Crippen molar-refractivity contribution < 1.29 is 9.21 Å². The minimum atomic E-state index is -0.0495. The van der Waals surface area contributed by atoms with Gasteiger partial charge in [0.05, 0.1) is 11.6 Å². The summed E-state index contributed by atoms with van der Waals surface area (Å²) in [5.74, 6) is 0.381. The lowest BCUT2D eigenvalue weighted by Crippen LogP contribution is -2.35. The van der Waals surface area contributed by atoms with E-state index in [4.69, 9.17) is 9.68 Å². The van der Waals surface area contributed by atoms with Crippen LogP contribution in [0.2, 0.25) is 0 Å². The Morgan fingerprint density at radius 3 is 2.64 bits per heavy atom. The second-order valence-electron chi connectivity index (χ2n) is 6.99. The Morgan fingerprint density at radius 2 is 1.89 bits per heavy atom. The zero-order chi connectivity index (χ0) is 19.7. The number of carbonyl (C=O) groups is 1. The summed E-state index contributed by atoms with van der Waals surface area (Å²) < 4.78 is 6.86. The number of anilines is 1. The van der Waals surface area contributed by atoms with E-state index in [0.717, 1.165) is 46.2 Å². The van der Waals surface area contributed by atoms with Gasteiger partial charge in [-0.2, -0.15) is 5.26 Å². The van der Waals surface area contributed by atoms with Crippen molar-refractivity contribution in [3.63, 3.8) is 0 Å². The molecule has 3 aromatic rings. The molecule has 142 valence electrons. The van der Waals surface area contributed by atoms with E-state index in [1.807, 2.05) is 54.3 Å². The number of nitrogens with zero attached hydrogens (tertiary/aromatic N) is 3. The summed E-state index contributed by atoms with van der Waals surface area (Å²) in [6.07, 6.45) is 0.885. The number of benzene rings is 2. The van der Waals surface area contributed by atoms with E-state index in [1.54, 1.807) is 0 Å². The number of hydrogen-bond acceptors (Lipinski definition) is 4. The van der Waals surface area contributed by atoms with Crippen LogP contribution in [0.25, 0.3) is 11.0 Å². The highest BCUT2D eigenvalue weighted by molar-refractivity contribution is 9.10. The summed E-state index contributed by atoms with van der Waals surface area (Å²) >= 11 is 3.48. The van der Waals surface area contributed by atoms with Gasteiger partial charge in [-0.05, 0) is 55.8 Å². The van der Waals surface area contributed by atoms with Gasteiger partial charge in [-0.3, -0.25) is 4.79 Å². The summed E-state index contributed by atoms with van der Waals surface area (Å²) in [7, 11) is 0. The molecule has 4 rings (SSSR count). The minimum Gasteiger partial charge on any atom is -0.451 e. The first kappa shape index (κ1) is 18.6. The second-order valence-corrected chi connectivity index (χ2v) is 7.90. The largest absolute Gasteiger partial charge is 0.451 e. The van der Waals surface area contributed by atoms with Crippen molar-refractivity contribution in [1.29, 1.82) is 5.26 Å². The highest BCUT2D eigenvalue weighted by Crippen LogP contribution is 2.29. The number of amides is 1. The zero-order valence-electron chi connectivity index (χ0n) is 15.6. The molecule has 28 heavy (non-hydrogen) atoms. The van der Waals surface area contributed by atoms with Crippen molar-refractivity contribution in [3.8, 4) is 6.07 Å². The standard InChI is InChI=1S/C22H20BrN3O2/c1-15-19-13-17(23)5-8-20(19)28-21(15)22(27)26-10-2-9-25(11-12-26)18-6-3-16(14-24)4-7-18/h3-8,13H,2,9-12H2,1H3. The molecule has 6 heteroatoms. The van der Waals surface area contributed by atoms with Gasteiger partial charge in [0.25, 0.3) is 5.91 Å². The topological polar surface area (TPSA) is 60.5 Å². The Labute approximate surface area is 172 Å². The monoisotopic (exact) mass is 437 g/mol. The number of hydrogen-bond donors (Lipinski definition) is 0. The highest BCUT2D eigenvalue weighted by atomic mass is 79.9. The molecule has 0 unspecified atom stereocenters. The third-order valence-electron chi connectivity index (χ3n) is 5.24. The fourth-order valence-electron chi connectivity index (χ4n) is 3.67. The molecule has 1 saturated heterocycles. The van der Waals surface area contributed by atoms with Crippen LogP contribution in [-0.4, -0.2) is 37.0 Å². The van der Waals surface area contributed by atoms with E-state index >= 15 is 0 Å². The van der Waals surface area contributed by atoms with Crippen LogP contribution in [-0.2, 0) is 0 Å². The lowest BCUT2D eigenvalue weighted by Gasteiger charge is -2.23. The fourth-order valence-corrected chi connectivity index (χ4v) is 4.03. The maximum absolute atomic E-state index is 13.1. The number of rotatable bonds is 2. The van der Waals surface area contributed by atoms with Crippen LogP contribution >= 0.6 is 15.9 Å². The lowest BCUT2D eigenvalue weighted by molar-refractivity contribution is 0.0736. The van der Waals surface area contributed by atoms with Crippen molar-refractivity contribution in [1.82, 2.24) is 4.90 Å². The quantitative estimate of drug-likeness (QED) is 0.581. The van der Waals surface area contributed by atoms with Crippen LogP contribution in [0.15, 0.2) is 51.4 Å². The third kappa shape index (κ3) is 3.50. The number of carbonyl (C=O) groups excluding carboxylic acids is 1. The molecule has 1 aliphatic rings. The normalized spacial score (nSPS) is 14.8. The van der Waals surface area contributed by atoms with Crippen molar-refractivity contribution in [2.45, 2.75) is 13.3 Å². The number of halogens is 1. The predicted molar refractivity (Wildman–Crippen MR) is 113 cm³/mol. The van der Waals surface area contributed by atoms with Gasteiger partial charge in [0, 0.05) is 47.3 Å². The van der Waals surface area contributed by atoms with Crippen molar-refractivity contribution >= 4 is 38.5 Å². The molecule has 0 N–H and O–H groups in total. The van der Waals surface area contributed by atoms with Crippen LogP contribution in [0, 0.1) is 18.3 Å². The van der Waals surface area contributed by atoms with E-state index < -0.39 is 0 Å². The molecule has 2 heterocycles. The SMILES string of the molecule is Cc1c(C(=O)N2CCCN(c3ccc(C#N)cc3)CC2)oc2ccc(Br)cc12. The van der Waals surface area contributed by atoms with Crippen LogP contribution in [0.5, 0.6) is 0 Å². The average molecular weight is 438 g/mol. The van der Waals surface area contributed by atoms with E-state index in [-0.39, 0.29) is 5.91 Å². The lowest BCUT2D eigenvalue weighted by atomic mass is 10.1. The molecular formula is C22H20BrN3O2. The predicted octanol–water partition coefficient (Wildman–Crippen LogP) is 4.73. The van der Waals surface area contributed by atoms with Gasteiger partial charge in [-0.1, -0.05) is 15.9 Å². The number of aryl methyl sites for hydroxylation is 1. The summed E-state index contributed by atoms with van der Waals surface area (Å²) in [6.45, 7) is 4.90. The first-order chi connectivity index (χ1) is 13.6. The first-order valence-corrected chi connectivity index (χ1v) is 10.1. The van der Waals surface area contributed by atoms with Gasteiger partial charge in [0.2, 0.25) is 0 Å². The Kier molecular flexibility index (Phi) is 5.10. The van der Waals surface area contributed by atoms with E-state index in [2.05, 4.69) is 26.9 Å². The second kappa shape index (κ2) is 7.69. The van der Waals surface area contributed by atoms with Gasteiger partial charge >= 0.3 is 0 Å². The molecule has 0 atom stereocenters. The maximum atomic E-state index is 13.1. The highest BCUT2D eigenvalue weighted by Gasteiger charge is 2.25. The van der Waals surface area contributed by atoms with E-state index in [1.165, 1.54) is 0 Å². The van der Waals surface area contributed by atoms with Crippen molar-refractivity contribution in [3.05, 3.63) is 63.8 Å². The van der Waals surface area contributed by atoms with Gasteiger partial charge in [-0.25, -0.2) is 0 Å². The third-order valence-corrected chi connectivity index (χ3v) is 5.73. The maximum Gasteiger partial charge on any atom is 0.289 e. The fraction of sp³-hybridized carbons (Fsp3) is 0.273. The van der Waals surface area contributed by atoms with E-state index in [0.29, 0.717) is 24.4 Å². The summed E-state index contributed by atoms with van der Waals surface area (Å²) in [5.41, 5.74) is 3.35. The smallest absolute Gasteiger partial charge is 0.289 e. The summed E-state index contributed by atoms with van der Waals surface area (Å²) in [6, 6.07) is 15.5. The molecule has 0 radical (unpaired) electrons. The number of nitriles is 1. The summed E-state index contributed by atoms with van der Waals surface area (Å²) in [5, 5.41) is 9.92. The Morgan fingerprint density at radius 1 is 1.11 bits per heavy atom. The molecule has 2 aromatic carbocycles. The Balaban J connectivity index is 1.52. The Bertz CT molecular complexity index is 1070. The first-order valence-electron chi connectivity index (χ1n) is 9.30. The molecule has 0 bridgehead atoms. The zero-order valence-corrected chi connectivity index (χ0v) is 17.2. The molecule has 1 fully saturated rings. The number of furan rings is 1. The molecule has 1 aromatic heterocycles. The molecule has 0 spiro atoms. The van der Waals surface area contributed by atoms with Gasteiger partial charge in [0.15, 0.2) is 5.76 Å². The van der Waals surface area contributed by atoms with Crippen LogP contribution in [0.4, 0.5) is 5.69 Å². The molecule has 5 nitrogen and oxygen atoms in total. The number of fused-ring (bicyclic) bond motifs is 1. The Hall–Kier alpha value is -2.78. The van der Waals surface area contributed by atoms with E-state index in [9.17, 15) is 4.79 Å². The molecule has 1 amide bonds. The summed E-state index contributed by atoms with van der Waals surface area (Å²) in [4.78, 5) is 17.3. The molecular weight excluding hydrogens is 418 g/mol. The molecule has 1 aliphatic heterocycles. The molecule has 0 saturated carbocycles. The van der Waals surface area contributed by atoms with Crippen molar-refractivity contribution in [2.75, 3.05) is 31.1 Å². The van der Waals surface area contributed by atoms with Crippen LogP contribution in [0.3, 0.4) is 0 Å². The molecule has 0 aliphatic carbocycles.